The summed E-state index contributed by atoms with van der Waals surface area (Å²) in [7, 11) is 0. The minimum atomic E-state index is -0.203. The average molecular weight is 190 g/mol. The van der Waals surface area contributed by atoms with Gasteiger partial charge in [0.05, 0.1) is 4.87 Å². The van der Waals surface area contributed by atoms with E-state index >= 15 is 0 Å². The van der Waals surface area contributed by atoms with Crippen LogP contribution in [0, 0.1) is 0 Å². The Balaban J connectivity index is 2.74. The molecule has 4 heteroatoms. The number of thiocarbonyl (C=S) groups is 1. The van der Waals surface area contributed by atoms with Crippen LogP contribution in [0.2, 0.25) is 0 Å². The number of nitrogens with one attached hydrogen (secondary N) is 1. The first-order valence-corrected chi connectivity index (χ1v) is 4.83. The fourth-order valence-electron chi connectivity index (χ4n) is 1.47. The first-order chi connectivity index (χ1) is 4.81. The van der Waals surface area contributed by atoms with Crippen LogP contribution in [-0.2, 0) is 0 Å². The van der Waals surface area contributed by atoms with Crippen molar-refractivity contribution in [1.29, 1.82) is 0 Å². The van der Waals surface area contributed by atoms with Gasteiger partial charge in [-0.1, -0.05) is 24.0 Å². The van der Waals surface area contributed by atoms with E-state index in [0.29, 0.717) is 0 Å². The van der Waals surface area contributed by atoms with E-state index in [1.165, 1.54) is 0 Å². The lowest BCUT2D eigenvalue weighted by atomic mass is 9.96. The predicted molar refractivity (Wildman–Crippen MR) is 54.6 cm³/mol. The molecular weight excluding hydrogens is 176 g/mol. The Morgan fingerprint density at radius 3 is 2.45 bits per heavy atom. The van der Waals surface area contributed by atoms with Crippen molar-refractivity contribution in [2.75, 3.05) is 0 Å². The van der Waals surface area contributed by atoms with Gasteiger partial charge in [-0.05, 0) is 27.2 Å². The Labute approximate surface area is 77.3 Å². The van der Waals surface area contributed by atoms with Crippen LogP contribution in [0.3, 0.4) is 0 Å². The van der Waals surface area contributed by atoms with Gasteiger partial charge < -0.3 is 11.1 Å². The fourth-order valence-corrected chi connectivity index (χ4v) is 3.50. The van der Waals surface area contributed by atoms with Gasteiger partial charge in [-0.15, -0.1) is 0 Å². The molecular formula is C7H14N2S2. The normalized spacial score (nSPS) is 36.5. The molecule has 1 atom stereocenters. The van der Waals surface area contributed by atoms with Crippen LogP contribution < -0.4 is 11.1 Å². The fraction of sp³-hybridized carbons (Fsp3) is 0.857. The summed E-state index contributed by atoms with van der Waals surface area (Å²) in [5, 5.41) is 3.23. The largest absolute Gasteiger partial charge is 0.366 e. The first-order valence-electron chi connectivity index (χ1n) is 3.61. The summed E-state index contributed by atoms with van der Waals surface area (Å²) in [4.78, 5) is -0.203. The molecule has 0 saturated carbocycles. The van der Waals surface area contributed by atoms with Gasteiger partial charge in [0.15, 0.2) is 0 Å². The summed E-state index contributed by atoms with van der Waals surface area (Å²) >= 11 is 6.62. The molecule has 0 spiro atoms. The van der Waals surface area contributed by atoms with Gasteiger partial charge in [0.2, 0.25) is 0 Å². The Morgan fingerprint density at radius 1 is 1.55 bits per heavy atom. The molecule has 0 aromatic rings. The highest BCUT2D eigenvalue weighted by Crippen LogP contribution is 2.34. The maximum absolute atomic E-state index is 5.98. The number of thioether (sulfide) groups is 1. The third-order valence-electron chi connectivity index (χ3n) is 1.56. The minimum Gasteiger partial charge on any atom is -0.366 e. The summed E-state index contributed by atoms with van der Waals surface area (Å²) in [6.07, 6.45) is 0.935. The molecule has 0 aromatic heterocycles. The smallest absolute Gasteiger partial charge is 0.135 e. The molecule has 1 aliphatic rings. The number of hydrogen-bond donors (Lipinski definition) is 2. The van der Waals surface area contributed by atoms with Crippen LogP contribution in [0.5, 0.6) is 0 Å². The quantitative estimate of drug-likeness (QED) is 0.567. The average Bonchev–Trinajstić information content (AvgIpc) is 1.49. The molecule has 0 amide bonds. The zero-order valence-electron chi connectivity index (χ0n) is 7.10. The molecule has 1 saturated heterocycles. The highest BCUT2D eigenvalue weighted by molar-refractivity contribution is 8.23. The molecule has 0 bridgehead atoms. The van der Waals surface area contributed by atoms with E-state index in [4.69, 9.17) is 18.0 Å². The summed E-state index contributed by atoms with van der Waals surface area (Å²) in [5.41, 5.74) is 6.03. The van der Waals surface area contributed by atoms with Gasteiger partial charge >= 0.3 is 0 Å². The molecule has 1 heterocycles. The van der Waals surface area contributed by atoms with E-state index < -0.39 is 0 Å². The highest BCUT2D eigenvalue weighted by atomic mass is 32.2. The van der Waals surface area contributed by atoms with Crippen molar-refractivity contribution in [1.82, 2.24) is 5.32 Å². The third-order valence-corrected chi connectivity index (χ3v) is 2.81. The monoisotopic (exact) mass is 190 g/mol. The lowest BCUT2D eigenvalue weighted by Crippen LogP contribution is -2.55. The van der Waals surface area contributed by atoms with E-state index in [9.17, 15) is 0 Å². The topological polar surface area (TPSA) is 38.0 Å². The summed E-state index contributed by atoms with van der Waals surface area (Å²) in [6, 6.07) is 0. The van der Waals surface area contributed by atoms with E-state index in [0.717, 1.165) is 10.7 Å². The summed E-state index contributed by atoms with van der Waals surface area (Å²) < 4.78 is 0.811. The van der Waals surface area contributed by atoms with E-state index in [1.54, 1.807) is 11.8 Å². The standard InChI is InChI=1S/C7H14N2S2/c1-6(2)4-7(3,8)11-5(10)9-6/h4,8H2,1-3H3,(H,9,10). The van der Waals surface area contributed by atoms with Crippen LogP contribution >= 0.6 is 24.0 Å². The molecule has 1 fully saturated rings. The van der Waals surface area contributed by atoms with Crippen LogP contribution in [0.4, 0.5) is 0 Å². The van der Waals surface area contributed by atoms with E-state index in [2.05, 4.69) is 19.2 Å². The Hall–Kier alpha value is 0.200. The maximum atomic E-state index is 5.98. The van der Waals surface area contributed by atoms with Crippen molar-refractivity contribution in [2.45, 2.75) is 37.6 Å². The molecule has 2 nitrogen and oxygen atoms in total. The second kappa shape index (κ2) is 2.61. The van der Waals surface area contributed by atoms with Gasteiger partial charge in [-0.2, -0.15) is 0 Å². The Morgan fingerprint density at radius 2 is 2.09 bits per heavy atom. The second-order valence-corrected chi connectivity index (χ2v) is 6.10. The van der Waals surface area contributed by atoms with Gasteiger partial charge in [0.25, 0.3) is 0 Å². The molecule has 0 aliphatic carbocycles. The predicted octanol–water partition coefficient (Wildman–Crippen LogP) is 1.45. The minimum absolute atomic E-state index is 0.0475. The highest BCUT2D eigenvalue weighted by Gasteiger charge is 2.36. The van der Waals surface area contributed by atoms with Crippen molar-refractivity contribution in [3.63, 3.8) is 0 Å². The summed E-state index contributed by atoms with van der Waals surface area (Å²) in [5.74, 6) is 0. The summed E-state index contributed by atoms with van der Waals surface area (Å²) in [6.45, 7) is 6.25. The van der Waals surface area contributed by atoms with E-state index in [-0.39, 0.29) is 10.4 Å². The van der Waals surface area contributed by atoms with Crippen LogP contribution in [0.15, 0.2) is 0 Å². The van der Waals surface area contributed by atoms with Crippen molar-refractivity contribution in [3.8, 4) is 0 Å². The molecule has 3 N–H and O–H groups in total. The van der Waals surface area contributed by atoms with Crippen molar-refractivity contribution < 1.29 is 0 Å². The van der Waals surface area contributed by atoms with Crippen LogP contribution in [-0.4, -0.2) is 14.7 Å². The van der Waals surface area contributed by atoms with E-state index in [1.807, 2.05) is 6.92 Å². The molecule has 64 valence electrons. The molecule has 0 aromatic carbocycles. The maximum Gasteiger partial charge on any atom is 0.135 e. The number of hydrogen-bond acceptors (Lipinski definition) is 3. The lowest BCUT2D eigenvalue weighted by molar-refractivity contribution is 0.373. The zero-order valence-corrected chi connectivity index (χ0v) is 8.73. The lowest BCUT2D eigenvalue weighted by Gasteiger charge is -2.41. The van der Waals surface area contributed by atoms with Gasteiger partial charge in [-0.3, -0.25) is 0 Å². The van der Waals surface area contributed by atoms with Gasteiger partial charge in [-0.25, -0.2) is 0 Å². The van der Waals surface area contributed by atoms with Crippen LogP contribution in [0.25, 0.3) is 0 Å². The van der Waals surface area contributed by atoms with Crippen molar-refractivity contribution >= 4 is 28.3 Å². The molecule has 1 rings (SSSR count). The van der Waals surface area contributed by atoms with Crippen molar-refractivity contribution in [2.24, 2.45) is 5.73 Å². The SMILES string of the molecule is CC1(C)CC(C)(N)SC(=S)N1. The molecule has 1 unspecified atom stereocenters. The van der Waals surface area contributed by atoms with Crippen molar-refractivity contribution in [3.05, 3.63) is 0 Å². The Bertz CT molecular complexity index is 169. The Kier molecular flexibility index (Phi) is 2.20. The molecule has 1 aliphatic heterocycles. The van der Waals surface area contributed by atoms with Crippen LogP contribution in [0.1, 0.15) is 27.2 Å². The van der Waals surface area contributed by atoms with Gasteiger partial charge in [0, 0.05) is 5.54 Å². The third kappa shape index (κ3) is 2.61. The molecule has 0 radical (unpaired) electrons. The number of rotatable bonds is 0. The number of nitrogens with two attached hydrogens (primary N) is 1. The second-order valence-electron chi connectivity index (χ2n) is 3.89. The van der Waals surface area contributed by atoms with Gasteiger partial charge in [0.1, 0.15) is 4.32 Å². The molecule has 11 heavy (non-hydrogen) atoms. The first kappa shape index (κ1) is 9.29. The zero-order chi connectivity index (χ0) is 8.70.